The third kappa shape index (κ3) is 2.80. The molecule has 0 radical (unpaired) electrons. The molecular formula is C11H20O2. The average Bonchev–Trinajstić information content (AvgIpc) is 2.15. The zero-order valence-corrected chi connectivity index (χ0v) is 8.71. The number of ether oxygens (including phenoxy) is 1. The minimum absolute atomic E-state index is 0.437. The summed E-state index contributed by atoms with van der Waals surface area (Å²) in [7, 11) is 0. The van der Waals surface area contributed by atoms with Crippen LogP contribution >= 0.6 is 0 Å². The van der Waals surface area contributed by atoms with Gasteiger partial charge in [-0.05, 0) is 31.6 Å². The minimum Gasteiger partial charge on any atom is -0.368 e. The molecule has 0 aromatic heterocycles. The summed E-state index contributed by atoms with van der Waals surface area (Å²) >= 11 is 0. The molecule has 0 amide bonds. The van der Waals surface area contributed by atoms with Gasteiger partial charge in [-0.2, -0.15) is 0 Å². The predicted octanol–water partition coefficient (Wildman–Crippen LogP) is 2.56. The number of hydrogen-bond donors (Lipinski definition) is 0. The second kappa shape index (κ2) is 4.75. The molecule has 0 aromatic rings. The number of hydrogen-bond acceptors (Lipinski definition) is 2. The van der Waals surface area contributed by atoms with E-state index in [9.17, 15) is 4.79 Å². The Morgan fingerprint density at radius 3 is 2.92 bits per heavy atom. The summed E-state index contributed by atoms with van der Waals surface area (Å²) in [5, 5.41) is 0. The summed E-state index contributed by atoms with van der Waals surface area (Å²) in [6.07, 6.45) is 6.22. The van der Waals surface area contributed by atoms with Gasteiger partial charge in [0.25, 0.3) is 0 Å². The van der Waals surface area contributed by atoms with Crippen LogP contribution in [0, 0.1) is 5.92 Å². The molecule has 0 bridgehead atoms. The zero-order valence-electron chi connectivity index (χ0n) is 8.71. The van der Waals surface area contributed by atoms with Crippen LogP contribution in [0.4, 0.5) is 0 Å². The molecule has 1 saturated carbocycles. The summed E-state index contributed by atoms with van der Waals surface area (Å²) in [4.78, 5) is 11.0. The summed E-state index contributed by atoms with van der Waals surface area (Å²) in [6.45, 7) is 4.99. The average molecular weight is 184 g/mol. The molecule has 13 heavy (non-hydrogen) atoms. The molecule has 1 aliphatic rings. The maximum atomic E-state index is 11.0. The molecule has 1 fully saturated rings. The van der Waals surface area contributed by atoms with Gasteiger partial charge >= 0.3 is 0 Å². The Labute approximate surface area is 80.7 Å². The van der Waals surface area contributed by atoms with Gasteiger partial charge in [0, 0.05) is 6.61 Å². The number of carbonyl (C=O) groups is 1. The van der Waals surface area contributed by atoms with Crippen molar-refractivity contribution in [1.29, 1.82) is 0 Å². The highest BCUT2D eigenvalue weighted by Crippen LogP contribution is 2.33. The Hall–Kier alpha value is -0.370. The van der Waals surface area contributed by atoms with Crippen LogP contribution in [0.2, 0.25) is 0 Å². The van der Waals surface area contributed by atoms with Crippen molar-refractivity contribution in [3.05, 3.63) is 0 Å². The van der Waals surface area contributed by atoms with E-state index >= 15 is 0 Å². The lowest BCUT2D eigenvalue weighted by atomic mass is 9.79. The summed E-state index contributed by atoms with van der Waals surface area (Å²) in [6, 6.07) is 0. The Morgan fingerprint density at radius 1 is 1.62 bits per heavy atom. The van der Waals surface area contributed by atoms with Crippen molar-refractivity contribution >= 4 is 6.29 Å². The van der Waals surface area contributed by atoms with Gasteiger partial charge in [0.05, 0.1) is 0 Å². The molecule has 0 heterocycles. The Balaban J connectivity index is 2.51. The Morgan fingerprint density at radius 2 is 2.38 bits per heavy atom. The van der Waals surface area contributed by atoms with Crippen molar-refractivity contribution < 1.29 is 9.53 Å². The van der Waals surface area contributed by atoms with Crippen molar-refractivity contribution in [2.45, 2.75) is 51.6 Å². The standard InChI is InChI=1S/C11H20O2/c1-3-7-13-11(9-12)6-4-5-10(2)8-11/h9-10H,3-8H2,1-2H3. The minimum atomic E-state index is -0.437. The lowest BCUT2D eigenvalue weighted by Crippen LogP contribution is -2.39. The zero-order chi connectivity index (χ0) is 9.73. The van der Waals surface area contributed by atoms with E-state index in [0.717, 1.165) is 32.0 Å². The summed E-state index contributed by atoms with van der Waals surface area (Å²) < 4.78 is 5.67. The smallest absolute Gasteiger partial charge is 0.151 e. The molecule has 0 N–H and O–H groups in total. The van der Waals surface area contributed by atoms with Gasteiger partial charge in [-0.25, -0.2) is 0 Å². The van der Waals surface area contributed by atoms with Crippen LogP contribution in [-0.4, -0.2) is 18.5 Å². The van der Waals surface area contributed by atoms with Crippen molar-refractivity contribution in [1.82, 2.24) is 0 Å². The summed E-state index contributed by atoms with van der Waals surface area (Å²) in [5.74, 6) is 0.635. The van der Waals surface area contributed by atoms with Gasteiger partial charge in [-0.1, -0.05) is 20.3 Å². The van der Waals surface area contributed by atoms with E-state index in [0.29, 0.717) is 12.5 Å². The summed E-state index contributed by atoms with van der Waals surface area (Å²) in [5.41, 5.74) is -0.437. The SMILES string of the molecule is CCCOC1(C=O)CCCC(C)C1. The second-order valence-corrected chi connectivity index (χ2v) is 4.23. The number of rotatable bonds is 4. The van der Waals surface area contributed by atoms with E-state index in [1.54, 1.807) is 0 Å². The van der Waals surface area contributed by atoms with E-state index in [1.807, 2.05) is 0 Å². The van der Waals surface area contributed by atoms with Gasteiger partial charge < -0.3 is 9.53 Å². The van der Waals surface area contributed by atoms with Crippen LogP contribution in [0.3, 0.4) is 0 Å². The van der Waals surface area contributed by atoms with E-state index in [1.165, 1.54) is 6.42 Å². The predicted molar refractivity (Wildman–Crippen MR) is 52.7 cm³/mol. The van der Waals surface area contributed by atoms with Gasteiger partial charge in [0.1, 0.15) is 5.60 Å². The first kappa shape index (κ1) is 10.7. The van der Waals surface area contributed by atoms with E-state index in [4.69, 9.17) is 4.74 Å². The van der Waals surface area contributed by atoms with Crippen LogP contribution in [0.25, 0.3) is 0 Å². The highest BCUT2D eigenvalue weighted by Gasteiger charge is 2.35. The first-order valence-corrected chi connectivity index (χ1v) is 5.33. The van der Waals surface area contributed by atoms with Gasteiger partial charge in [-0.3, -0.25) is 0 Å². The fraction of sp³-hybridized carbons (Fsp3) is 0.909. The quantitative estimate of drug-likeness (QED) is 0.628. The fourth-order valence-electron chi connectivity index (χ4n) is 2.12. The fourth-order valence-corrected chi connectivity index (χ4v) is 2.12. The number of aldehydes is 1. The Bertz CT molecular complexity index is 167. The molecule has 2 unspecified atom stereocenters. The molecule has 2 atom stereocenters. The van der Waals surface area contributed by atoms with Crippen molar-refractivity contribution in [3.63, 3.8) is 0 Å². The van der Waals surface area contributed by atoms with Crippen LogP contribution in [0.1, 0.15) is 46.0 Å². The van der Waals surface area contributed by atoms with E-state index < -0.39 is 5.60 Å². The van der Waals surface area contributed by atoms with Gasteiger partial charge in [0.2, 0.25) is 0 Å². The molecular weight excluding hydrogens is 164 g/mol. The molecule has 0 aromatic carbocycles. The Kier molecular flexibility index (Phi) is 3.91. The van der Waals surface area contributed by atoms with Gasteiger partial charge in [-0.15, -0.1) is 0 Å². The maximum absolute atomic E-state index is 11.0. The highest BCUT2D eigenvalue weighted by atomic mass is 16.5. The second-order valence-electron chi connectivity index (χ2n) is 4.23. The normalized spacial score (nSPS) is 34.5. The van der Waals surface area contributed by atoms with Crippen molar-refractivity contribution in [2.24, 2.45) is 5.92 Å². The van der Waals surface area contributed by atoms with Crippen LogP contribution in [-0.2, 0) is 9.53 Å². The lowest BCUT2D eigenvalue weighted by Gasteiger charge is -2.35. The molecule has 0 aliphatic heterocycles. The molecule has 0 saturated heterocycles. The molecule has 2 nitrogen and oxygen atoms in total. The molecule has 1 aliphatic carbocycles. The molecule has 0 spiro atoms. The largest absolute Gasteiger partial charge is 0.368 e. The van der Waals surface area contributed by atoms with Crippen LogP contribution in [0.15, 0.2) is 0 Å². The van der Waals surface area contributed by atoms with Crippen LogP contribution in [0.5, 0.6) is 0 Å². The topological polar surface area (TPSA) is 26.3 Å². The molecule has 1 rings (SSSR count). The third-order valence-electron chi connectivity index (χ3n) is 2.80. The number of carbonyl (C=O) groups excluding carboxylic acids is 1. The monoisotopic (exact) mass is 184 g/mol. The van der Waals surface area contributed by atoms with Crippen LogP contribution < -0.4 is 0 Å². The molecule has 76 valence electrons. The van der Waals surface area contributed by atoms with Gasteiger partial charge in [0.15, 0.2) is 6.29 Å². The molecule has 2 heteroatoms. The van der Waals surface area contributed by atoms with Crippen molar-refractivity contribution in [2.75, 3.05) is 6.61 Å². The maximum Gasteiger partial charge on any atom is 0.151 e. The first-order valence-electron chi connectivity index (χ1n) is 5.33. The highest BCUT2D eigenvalue weighted by molar-refractivity contribution is 5.62. The van der Waals surface area contributed by atoms with E-state index in [-0.39, 0.29) is 0 Å². The first-order chi connectivity index (χ1) is 6.22. The lowest BCUT2D eigenvalue weighted by molar-refractivity contribution is -0.138. The third-order valence-corrected chi connectivity index (χ3v) is 2.80. The van der Waals surface area contributed by atoms with Crippen molar-refractivity contribution in [3.8, 4) is 0 Å². The van der Waals surface area contributed by atoms with E-state index in [2.05, 4.69) is 13.8 Å².